The average molecular weight is 249 g/mol. The summed E-state index contributed by atoms with van der Waals surface area (Å²) in [5.41, 5.74) is 6.22. The molecule has 1 aliphatic rings. The first kappa shape index (κ1) is 12.8. The quantitative estimate of drug-likeness (QED) is 0.858. The number of aryl methyl sites for hydroxylation is 1. The molecule has 1 aromatic rings. The van der Waals surface area contributed by atoms with Crippen molar-refractivity contribution in [2.24, 2.45) is 5.92 Å². The summed E-state index contributed by atoms with van der Waals surface area (Å²) in [6, 6.07) is 0. The zero-order valence-electron chi connectivity index (χ0n) is 10.8. The number of hydrogen-bond acceptors (Lipinski definition) is 4. The lowest BCUT2D eigenvalue weighted by Crippen LogP contribution is -2.13. The molecule has 0 aromatic carbocycles. The minimum absolute atomic E-state index is 0.0313. The largest absolute Gasteiger partial charge is 0.477 e. The van der Waals surface area contributed by atoms with Crippen LogP contribution >= 0.6 is 0 Å². The lowest BCUT2D eigenvalue weighted by Gasteiger charge is -2.12. The Labute approximate surface area is 106 Å². The number of anilines is 1. The third-order valence-electron chi connectivity index (χ3n) is 3.83. The van der Waals surface area contributed by atoms with E-state index in [2.05, 4.69) is 16.9 Å². The lowest BCUT2D eigenvalue weighted by atomic mass is 10.0. The fraction of sp³-hybridized carbons (Fsp3) is 0.615. The van der Waals surface area contributed by atoms with E-state index in [-0.39, 0.29) is 11.4 Å². The van der Waals surface area contributed by atoms with Gasteiger partial charge < -0.3 is 10.8 Å². The molecule has 3 N–H and O–H groups in total. The van der Waals surface area contributed by atoms with E-state index in [1.165, 1.54) is 12.8 Å². The van der Waals surface area contributed by atoms with Crippen LogP contribution in [0.15, 0.2) is 0 Å². The van der Waals surface area contributed by atoms with Gasteiger partial charge in [-0.15, -0.1) is 0 Å². The Morgan fingerprint density at radius 3 is 2.67 bits per heavy atom. The molecule has 5 heteroatoms. The van der Waals surface area contributed by atoms with Crippen LogP contribution in [0.4, 0.5) is 5.82 Å². The van der Waals surface area contributed by atoms with Gasteiger partial charge in [-0.1, -0.05) is 13.3 Å². The first-order valence-electron chi connectivity index (χ1n) is 6.40. The van der Waals surface area contributed by atoms with Crippen LogP contribution in [-0.4, -0.2) is 21.0 Å². The Balaban J connectivity index is 2.29. The predicted molar refractivity (Wildman–Crippen MR) is 68.5 cm³/mol. The summed E-state index contributed by atoms with van der Waals surface area (Å²) < 4.78 is 0. The number of nitrogens with zero attached hydrogens (tertiary/aromatic N) is 2. The van der Waals surface area contributed by atoms with Gasteiger partial charge in [-0.3, -0.25) is 0 Å². The van der Waals surface area contributed by atoms with Crippen LogP contribution < -0.4 is 5.73 Å². The smallest absolute Gasteiger partial charge is 0.341 e. The molecular weight excluding hydrogens is 230 g/mol. The molecule has 98 valence electrons. The molecule has 0 spiro atoms. The maximum atomic E-state index is 11.0. The molecule has 1 saturated carbocycles. The van der Waals surface area contributed by atoms with Crippen molar-refractivity contribution in [3.63, 3.8) is 0 Å². The van der Waals surface area contributed by atoms with Gasteiger partial charge in [-0.05, 0) is 32.1 Å². The number of aromatic carboxylic acids is 1. The molecule has 0 amide bonds. The maximum Gasteiger partial charge on any atom is 0.341 e. The second kappa shape index (κ2) is 4.92. The highest BCUT2D eigenvalue weighted by Crippen LogP contribution is 2.38. The fourth-order valence-corrected chi connectivity index (χ4v) is 2.74. The Bertz CT molecular complexity index is 450. The topological polar surface area (TPSA) is 89.1 Å². The van der Waals surface area contributed by atoms with Gasteiger partial charge in [0.2, 0.25) is 0 Å². The number of nitrogen functional groups attached to an aromatic ring is 1. The van der Waals surface area contributed by atoms with Crippen LogP contribution in [0.5, 0.6) is 0 Å². The zero-order valence-corrected chi connectivity index (χ0v) is 10.8. The number of nitrogens with two attached hydrogens (primary N) is 1. The molecule has 0 saturated heterocycles. The number of carboxylic acid groups (broad SMARTS) is 1. The normalized spacial score (nSPS) is 23.2. The van der Waals surface area contributed by atoms with E-state index in [1.807, 2.05) is 0 Å². The standard InChI is InChI=1S/C13H19N3O2/c1-3-8-4-5-9(6-8)12-15-7(2)10(13(17)18)11(14)16-12/h8-9H,3-6H2,1-2H3,(H,17,18)(H2,14,15,16). The van der Waals surface area contributed by atoms with Crippen molar-refractivity contribution in [1.29, 1.82) is 0 Å². The predicted octanol–water partition coefficient (Wildman–Crippen LogP) is 2.36. The fourth-order valence-electron chi connectivity index (χ4n) is 2.74. The summed E-state index contributed by atoms with van der Waals surface area (Å²) in [5, 5.41) is 9.02. The molecule has 2 unspecified atom stereocenters. The van der Waals surface area contributed by atoms with Crippen molar-refractivity contribution in [3.05, 3.63) is 17.1 Å². The molecule has 0 aliphatic heterocycles. The van der Waals surface area contributed by atoms with E-state index in [4.69, 9.17) is 10.8 Å². The van der Waals surface area contributed by atoms with E-state index in [0.29, 0.717) is 17.4 Å². The molecule has 5 nitrogen and oxygen atoms in total. The summed E-state index contributed by atoms with van der Waals surface area (Å²) in [6.07, 6.45) is 4.54. The van der Waals surface area contributed by atoms with Crippen molar-refractivity contribution in [1.82, 2.24) is 9.97 Å². The van der Waals surface area contributed by atoms with E-state index >= 15 is 0 Å². The van der Waals surface area contributed by atoms with Crippen LogP contribution in [0.3, 0.4) is 0 Å². The van der Waals surface area contributed by atoms with E-state index in [1.54, 1.807) is 6.92 Å². The van der Waals surface area contributed by atoms with Gasteiger partial charge in [0, 0.05) is 5.92 Å². The number of aromatic nitrogens is 2. The Hall–Kier alpha value is -1.65. The Kier molecular flexibility index (Phi) is 3.50. The molecule has 18 heavy (non-hydrogen) atoms. The van der Waals surface area contributed by atoms with Gasteiger partial charge in [0.25, 0.3) is 0 Å². The number of carboxylic acids is 1. The molecule has 1 heterocycles. The summed E-state index contributed by atoms with van der Waals surface area (Å²) in [4.78, 5) is 19.5. The Morgan fingerprint density at radius 2 is 2.17 bits per heavy atom. The minimum Gasteiger partial charge on any atom is -0.477 e. The van der Waals surface area contributed by atoms with Crippen molar-refractivity contribution in [2.45, 2.75) is 45.4 Å². The van der Waals surface area contributed by atoms with Crippen LogP contribution in [0.1, 0.15) is 60.4 Å². The molecule has 1 aromatic heterocycles. The summed E-state index contributed by atoms with van der Waals surface area (Å²) >= 11 is 0. The average Bonchev–Trinajstić information content (AvgIpc) is 2.75. The molecular formula is C13H19N3O2. The van der Waals surface area contributed by atoms with Gasteiger partial charge in [-0.25, -0.2) is 14.8 Å². The van der Waals surface area contributed by atoms with E-state index in [0.717, 1.165) is 18.8 Å². The van der Waals surface area contributed by atoms with Gasteiger partial charge in [0.05, 0.1) is 5.69 Å². The van der Waals surface area contributed by atoms with Crippen molar-refractivity contribution < 1.29 is 9.90 Å². The van der Waals surface area contributed by atoms with Crippen LogP contribution in [0, 0.1) is 12.8 Å². The van der Waals surface area contributed by atoms with Crippen molar-refractivity contribution in [3.8, 4) is 0 Å². The third kappa shape index (κ3) is 2.30. The molecule has 2 atom stereocenters. The summed E-state index contributed by atoms with van der Waals surface area (Å²) in [5.74, 6) is 0.809. The number of hydrogen-bond donors (Lipinski definition) is 2. The van der Waals surface area contributed by atoms with Crippen molar-refractivity contribution >= 4 is 11.8 Å². The van der Waals surface area contributed by atoms with E-state index < -0.39 is 5.97 Å². The van der Waals surface area contributed by atoms with Crippen LogP contribution in [-0.2, 0) is 0 Å². The minimum atomic E-state index is -1.06. The molecule has 0 bridgehead atoms. The lowest BCUT2D eigenvalue weighted by molar-refractivity contribution is 0.0696. The molecule has 1 aliphatic carbocycles. The van der Waals surface area contributed by atoms with Gasteiger partial charge in [-0.2, -0.15) is 0 Å². The highest BCUT2D eigenvalue weighted by atomic mass is 16.4. The van der Waals surface area contributed by atoms with Gasteiger partial charge >= 0.3 is 5.97 Å². The van der Waals surface area contributed by atoms with E-state index in [9.17, 15) is 4.79 Å². The van der Waals surface area contributed by atoms with Gasteiger partial charge in [0.15, 0.2) is 0 Å². The summed E-state index contributed by atoms with van der Waals surface area (Å²) in [7, 11) is 0. The van der Waals surface area contributed by atoms with Crippen molar-refractivity contribution in [2.75, 3.05) is 5.73 Å². The second-order valence-corrected chi connectivity index (χ2v) is 5.02. The maximum absolute atomic E-state index is 11.0. The number of rotatable bonds is 3. The van der Waals surface area contributed by atoms with Crippen LogP contribution in [0.2, 0.25) is 0 Å². The molecule has 1 fully saturated rings. The highest BCUT2D eigenvalue weighted by molar-refractivity contribution is 5.93. The summed E-state index contributed by atoms with van der Waals surface area (Å²) in [6.45, 7) is 3.87. The monoisotopic (exact) mass is 249 g/mol. The SMILES string of the molecule is CCC1CCC(c2nc(C)c(C(=O)O)c(N)n2)C1. The number of carbonyl (C=O) groups is 1. The third-order valence-corrected chi connectivity index (χ3v) is 3.83. The Morgan fingerprint density at radius 1 is 1.44 bits per heavy atom. The van der Waals surface area contributed by atoms with Crippen LogP contribution in [0.25, 0.3) is 0 Å². The molecule has 0 radical (unpaired) electrons. The first-order valence-corrected chi connectivity index (χ1v) is 6.40. The first-order chi connectivity index (χ1) is 8.52. The highest BCUT2D eigenvalue weighted by Gasteiger charge is 2.28. The van der Waals surface area contributed by atoms with Gasteiger partial charge in [0.1, 0.15) is 17.2 Å². The zero-order chi connectivity index (χ0) is 13.3. The molecule has 2 rings (SSSR count). The second-order valence-electron chi connectivity index (χ2n) is 5.02.